The van der Waals surface area contributed by atoms with Crippen LogP contribution >= 0.6 is 46.9 Å². The van der Waals surface area contributed by atoms with Crippen LogP contribution in [0.15, 0.2) is 46.6 Å². The van der Waals surface area contributed by atoms with E-state index in [1.165, 1.54) is 15.3 Å². The lowest BCUT2D eigenvalue weighted by Crippen LogP contribution is -2.24. The van der Waals surface area contributed by atoms with Crippen molar-refractivity contribution < 1.29 is 0 Å². The summed E-state index contributed by atoms with van der Waals surface area (Å²) in [6.07, 6.45) is 1.82. The average Bonchev–Trinajstić information content (AvgIpc) is 2.79. The van der Waals surface area contributed by atoms with E-state index in [1.54, 1.807) is 11.3 Å². The molecule has 0 saturated carbocycles. The summed E-state index contributed by atoms with van der Waals surface area (Å²) >= 11 is 14.1. The number of nitrogens with one attached hydrogen (secondary N) is 1. The molecular formula is C16H15Cl3N2S. The maximum Gasteiger partial charge on any atom is 0.133 e. The summed E-state index contributed by atoms with van der Waals surface area (Å²) in [4.78, 5) is 7.30. The van der Waals surface area contributed by atoms with E-state index in [0.717, 1.165) is 11.4 Å². The van der Waals surface area contributed by atoms with Crippen LogP contribution in [0.3, 0.4) is 0 Å². The Hall–Kier alpha value is -1.000. The molecule has 116 valence electrons. The van der Waals surface area contributed by atoms with Gasteiger partial charge in [-0.3, -0.25) is 4.99 Å². The number of halogens is 3. The maximum absolute atomic E-state index is 6.35. The van der Waals surface area contributed by atoms with Gasteiger partial charge in [-0.05, 0) is 49.7 Å². The van der Waals surface area contributed by atoms with Crippen LogP contribution in [0.2, 0.25) is 5.02 Å². The van der Waals surface area contributed by atoms with E-state index in [9.17, 15) is 0 Å². The molecule has 0 amide bonds. The van der Waals surface area contributed by atoms with Crippen molar-refractivity contribution in [2.75, 3.05) is 0 Å². The minimum absolute atomic E-state index is 0. The van der Waals surface area contributed by atoms with Gasteiger partial charge in [-0.2, -0.15) is 0 Å². The van der Waals surface area contributed by atoms with Gasteiger partial charge in [-0.15, -0.1) is 23.7 Å². The van der Waals surface area contributed by atoms with Crippen LogP contribution < -0.4 is 5.32 Å². The standard InChI is InChI=1S/C16H14Cl2N2S.ClH/c1-9-7-13(10(2)21-9)15-14(18)8-19-16(20-15)11-3-5-12(17)6-4-11;/h3-8,15H,1-2H3,(H,19,20);1H. The first-order valence-electron chi connectivity index (χ1n) is 6.57. The molecule has 6 heteroatoms. The van der Waals surface area contributed by atoms with Crippen LogP contribution in [0.25, 0.3) is 0 Å². The molecule has 2 aromatic rings. The molecule has 22 heavy (non-hydrogen) atoms. The fourth-order valence-corrected chi connectivity index (χ4v) is 3.65. The Morgan fingerprint density at radius 1 is 1.14 bits per heavy atom. The fraction of sp³-hybridized carbons (Fsp3) is 0.188. The molecule has 2 heterocycles. The summed E-state index contributed by atoms with van der Waals surface area (Å²) in [6, 6.07) is 9.64. The van der Waals surface area contributed by atoms with E-state index in [4.69, 9.17) is 28.2 Å². The van der Waals surface area contributed by atoms with Crippen LogP contribution in [0.5, 0.6) is 0 Å². The fourth-order valence-electron chi connectivity index (χ4n) is 2.35. The summed E-state index contributed by atoms with van der Waals surface area (Å²) in [7, 11) is 0. The largest absolute Gasteiger partial charge is 0.345 e. The summed E-state index contributed by atoms with van der Waals surface area (Å²) in [5, 5.41) is 4.56. The second-order valence-corrected chi connectivity index (χ2v) is 7.26. The third kappa shape index (κ3) is 3.49. The zero-order valence-electron chi connectivity index (χ0n) is 12.1. The van der Waals surface area contributed by atoms with Gasteiger partial charge >= 0.3 is 0 Å². The number of hydrogen-bond donors (Lipinski definition) is 1. The van der Waals surface area contributed by atoms with Crippen LogP contribution in [-0.4, -0.2) is 5.84 Å². The van der Waals surface area contributed by atoms with Crippen molar-refractivity contribution >= 4 is 52.8 Å². The Bertz CT molecular complexity index is 732. The molecule has 0 spiro atoms. The third-order valence-corrected chi connectivity index (χ3v) is 4.91. The Morgan fingerprint density at radius 2 is 1.82 bits per heavy atom. The van der Waals surface area contributed by atoms with E-state index in [2.05, 4.69) is 25.2 Å². The Morgan fingerprint density at radius 3 is 2.41 bits per heavy atom. The second-order valence-electron chi connectivity index (χ2n) is 4.93. The molecule has 1 aromatic heterocycles. The van der Waals surface area contributed by atoms with Gasteiger partial charge in [0.05, 0.1) is 5.03 Å². The van der Waals surface area contributed by atoms with E-state index < -0.39 is 0 Å². The Kier molecular flexibility index (Phi) is 5.56. The van der Waals surface area contributed by atoms with E-state index in [1.807, 2.05) is 30.5 Å². The molecule has 2 nitrogen and oxygen atoms in total. The molecule has 1 N–H and O–H groups in total. The van der Waals surface area contributed by atoms with Crippen molar-refractivity contribution in [1.29, 1.82) is 0 Å². The number of nitrogens with zero attached hydrogens (tertiary/aromatic N) is 1. The smallest absolute Gasteiger partial charge is 0.133 e. The first-order chi connectivity index (χ1) is 10.0. The molecule has 1 atom stereocenters. The number of rotatable bonds is 2. The van der Waals surface area contributed by atoms with Gasteiger partial charge < -0.3 is 5.32 Å². The van der Waals surface area contributed by atoms with E-state index >= 15 is 0 Å². The van der Waals surface area contributed by atoms with Crippen molar-refractivity contribution in [2.45, 2.75) is 19.9 Å². The summed E-state index contributed by atoms with van der Waals surface area (Å²) < 4.78 is 0. The molecule has 0 bridgehead atoms. The minimum atomic E-state index is -0.136. The molecule has 0 aliphatic carbocycles. The number of aliphatic imine (C=N–C) groups is 1. The molecule has 1 aliphatic rings. The van der Waals surface area contributed by atoms with Crippen molar-refractivity contribution in [3.63, 3.8) is 0 Å². The van der Waals surface area contributed by atoms with Gasteiger partial charge in [-0.1, -0.05) is 23.2 Å². The lowest BCUT2D eigenvalue weighted by atomic mass is 10.1. The third-order valence-electron chi connectivity index (χ3n) is 3.36. The van der Waals surface area contributed by atoms with Crippen LogP contribution in [0.1, 0.15) is 26.9 Å². The number of aryl methyl sites for hydroxylation is 2. The minimum Gasteiger partial charge on any atom is -0.345 e. The van der Waals surface area contributed by atoms with Crippen molar-refractivity contribution in [3.05, 3.63) is 67.5 Å². The Labute approximate surface area is 150 Å². The average molecular weight is 374 g/mol. The van der Waals surface area contributed by atoms with Crippen LogP contribution in [0.4, 0.5) is 0 Å². The molecule has 1 unspecified atom stereocenters. The normalized spacial score (nSPS) is 17.2. The van der Waals surface area contributed by atoms with Gasteiger partial charge in [0.2, 0.25) is 0 Å². The molecule has 1 aromatic carbocycles. The highest BCUT2D eigenvalue weighted by atomic mass is 35.5. The van der Waals surface area contributed by atoms with Crippen LogP contribution in [0, 0.1) is 13.8 Å². The topological polar surface area (TPSA) is 24.4 Å². The zero-order valence-corrected chi connectivity index (χ0v) is 15.2. The monoisotopic (exact) mass is 372 g/mol. The Balaban J connectivity index is 0.00000176. The number of hydrogen-bond acceptors (Lipinski definition) is 3. The van der Waals surface area contributed by atoms with Gasteiger partial charge in [0.25, 0.3) is 0 Å². The molecular weight excluding hydrogens is 359 g/mol. The molecule has 3 rings (SSSR count). The maximum atomic E-state index is 6.35. The van der Waals surface area contributed by atoms with Gasteiger partial charge in [0, 0.05) is 26.5 Å². The van der Waals surface area contributed by atoms with Gasteiger partial charge in [0.15, 0.2) is 0 Å². The molecule has 0 saturated heterocycles. The molecule has 0 fully saturated rings. The lowest BCUT2D eigenvalue weighted by molar-refractivity contribution is 0.852. The SMILES string of the molecule is Cc1cc(C2N=C(c3ccc(Cl)cc3)NC=C2Cl)c(C)s1.Cl. The zero-order chi connectivity index (χ0) is 15.0. The first-order valence-corrected chi connectivity index (χ1v) is 8.14. The first kappa shape index (κ1) is 17.4. The number of thiophene rings is 1. The van der Waals surface area contributed by atoms with E-state index in [-0.39, 0.29) is 18.4 Å². The van der Waals surface area contributed by atoms with Crippen molar-refractivity contribution in [1.82, 2.24) is 5.32 Å². The summed E-state index contributed by atoms with van der Waals surface area (Å²) in [5.74, 6) is 0.810. The molecule has 0 radical (unpaired) electrons. The number of amidine groups is 1. The predicted octanol–water partition coefficient (Wildman–Crippen LogP) is 5.61. The van der Waals surface area contributed by atoms with Crippen molar-refractivity contribution in [3.8, 4) is 0 Å². The predicted molar refractivity (Wildman–Crippen MR) is 98.8 cm³/mol. The van der Waals surface area contributed by atoms with Crippen molar-refractivity contribution in [2.24, 2.45) is 4.99 Å². The highest BCUT2D eigenvalue weighted by molar-refractivity contribution is 7.12. The van der Waals surface area contributed by atoms with Crippen LogP contribution in [-0.2, 0) is 0 Å². The number of benzene rings is 1. The summed E-state index contributed by atoms with van der Waals surface area (Å²) in [6.45, 7) is 4.21. The molecule has 1 aliphatic heterocycles. The van der Waals surface area contributed by atoms with Gasteiger partial charge in [-0.25, -0.2) is 0 Å². The summed E-state index contributed by atoms with van der Waals surface area (Å²) in [5.41, 5.74) is 2.17. The second kappa shape index (κ2) is 7.05. The quantitative estimate of drug-likeness (QED) is 0.726. The van der Waals surface area contributed by atoms with E-state index in [0.29, 0.717) is 10.1 Å². The highest BCUT2D eigenvalue weighted by Crippen LogP contribution is 2.36. The van der Waals surface area contributed by atoms with Gasteiger partial charge in [0.1, 0.15) is 11.9 Å². The lowest BCUT2D eigenvalue weighted by Gasteiger charge is -2.20. The highest BCUT2D eigenvalue weighted by Gasteiger charge is 2.22.